The molecule has 2 aliphatic rings. The van der Waals surface area contributed by atoms with Gasteiger partial charge in [0.1, 0.15) is 12.2 Å². The van der Waals surface area contributed by atoms with Crippen molar-refractivity contribution in [2.45, 2.75) is 24.6 Å². The molecule has 11 heavy (non-hydrogen) atoms. The van der Waals surface area contributed by atoms with Gasteiger partial charge in [0.2, 0.25) is 0 Å². The molecule has 0 aromatic carbocycles. The van der Waals surface area contributed by atoms with Crippen LogP contribution in [0.3, 0.4) is 0 Å². The van der Waals surface area contributed by atoms with Crippen LogP contribution in [0.4, 0.5) is 0 Å². The van der Waals surface area contributed by atoms with Crippen molar-refractivity contribution in [1.29, 1.82) is 0 Å². The molecule has 2 N–H and O–H groups in total. The first-order valence-corrected chi connectivity index (χ1v) is 3.37. The van der Waals surface area contributed by atoms with E-state index in [0.29, 0.717) is 0 Å². The second kappa shape index (κ2) is 2.25. The van der Waals surface area contributed by atoms with Crippen molar-refractivity contribution < 1.29 is 24.5 Å². The Kier molecular flexibility index (Phi) is 1.47. The molecule has 0 aliphatic carbocycles. The molecule has 0 spiro atoms. The highest BCUT2D eigenvalue weighted by Gasteiger charge is 2.48. The third kappa shape index (κ3) is 0.893. The zero-order valence-electron chi connectivity index (χ0n) is 5.64. The minimum Gasteiger partial charge on any atom is -0.382 e. The van der Waals surface area contributed by atoms with Crippen molar-refractivity contribution in [3.8, 4) is 0 Å². The van der Waals surface area contributed by atoms with Crippen LogP contribution in [0.5, 0.6) is 0 Å². The van der Waals surface area contributed by atoms with Gasteiger partial charge < -0.3 is 19.7 Å². The number of ketones is 1. The summed E-state index contributed by atoms with van der Waals surface area (Å²) in [6, 6.07) is 0. The van der Waals surface area contributed by atoms with Crippen LogP contribution in [-0.4, -0.2) is 47.2 Å². The van der Waals surface area contributed by atoms with Gasteiger partial charge >= 0.3 is 0 Å². The fraction of sp³-hybridized carbons (Fsp3) is 0.833. The fourth-order valence-corrected chi connectivity index (χ4v) is 1.26. The predicted octanol–water partition coefficient (Wildman–Crippen LogP) is -1.97. The third-order valence-electron chi connectivity index (χ3n) is 1.93. The van der Waals surface area contributed by atoms with E-state index in [-0.39, 0.29) is 6.61 Å². The van der Waals surface area contributed by atoms with Crippen LogP contribution in [0.2, 0.25) is 0 Å². The number of ether oxygens (including phenoxy) is 2. The highest BCUT2D eigenvalue weighted by Crippen LogP contribution is 2.24. The maximum Gasteiger partial charge on any atom is 0.197 e. The molecule has 2 saturated heterocycles. The summed E-state index contributed by atoms with van der Waals surface area (Å²) in [6.07, 6.45) is -4.01. The zero-order chi connectivity index (χ0) is 8.01. The van der Waals surface area contributed by atoms with Gasteiger partial charge in [-0.15, -0.1) is 0 Å². The summed E-state index contributed by atoms with van der Waals surface area (Å²) < 4.78 is 9.83. The maximum atomic E-state index is 10.9. The zero-order valence-corrected chi connectivity index (χ0v) is 5.64. The van der Waals surface area contributed by atoms with Crippen LogP contribution >= 0.6 is 0 Å². The first-order chi connectivity index (χ1) is 5.20. The van der Waals surface area contributed by atoms with Crippen molar-refractivity contribution in [2.24, 2.45) is 0 Å². The fourth-order valence-electron chi connectivity index (χ4n) is 1.26. The minimum absolute atomic E-state index is 0.175. The average molecular weight is 160 g/mol. The number of fused-ring (bicyclic) bond motifs is 2. The molecular formula is C6H8O5. The lowest BCUT2D eigenvalue weighted by atomic mass is 10.0. The van der Waals surface area contributed by atoms with E-state index in [1.165, 1.54) is 0 Å². The predicted molar refractivity (Wildman–Crippen MR) is 31.6 cm³/mol. The molecule has 4 unspecified atom stereocenters. The largest absolute Gasteiger partial charge is 0.382 e. The maximum absolute atomic E-state index is 10.9. The Morgan fingerprint density at radius 1 is 1.36 bits per heavy atom. The number of hydrogen-bond acceptors (Lipinski definition) is 5. The van der Waals surface area contributed by atoms with E-state index in [2.05, 4.69) is 0 Å². The molecule has 0 saturated carbocycles. The molecule has 2 heterocycles. The summed E-state index contributed by atoms with van der Waals surface area (Å²) in [5, 5.41) is 18.2. The normalized spacial score (nSPS) is 49.8. The standard InChI is InChI=1S/C6H8O5/c7-3-2-1-10-6(11-2)5(9)4(3)8/h2-3,5-7,9H,1H2. The van der Waals surface area contributed by atoms with Crippen molar-refractivity contribution in [1.82, 2.24) is 0 Å². The van der Waals surface area contributed by atoms with Crippen LogP contribution in [-0.2, 0) is 14.3 Å². The van der Waals surface area contributed by atoms with Crippen molar-refractivity contribution >= 4 is 5.78 Å². The Balaban J connectivity index is 2.23. The lowest BCUT2D eigenvalue weighted by molar-refractivity contribution is -0.188. The van der Waals surface area contributed by atoms with Gasteiger partial charge in [0.15, 0.2) is 18.2 Å². The lowest BCUT2D eigenvalue weighted by Crippen LogP contribution is -2.50. The molecule has 2 bridgehead atoms. The summed E-state index contributed by atoms with van der Waals surface area (Å²) >= 11 is 0. The van der Waals surface area contributed by atoms with Crippen LogP contribution < -0.4 is 0 Å². The van der Waals surface area contributed by atoms with Crippen molar-refractivity contribution in [3.05, 3.63) is 0 Å². The van der Waals surface area contributed by atoms with E-state index >= 15 is 0 Å². The number of carbonyl (C=O) groups is 1. The molecule has 0 amide bonds. The van der Waals surface area contributed by atoms with E-state index in [0.717, 1.165) is 0 Å². The van der Waals surface area contributed by atoms with Gasteiger partial charge in [0, 0.05) is 0 Å². The van der Waals surface area contributed by atoms with Gasteiger partial charge in [-0.2, -0.15) is 0 Å². The first kappa shape index (κ1) is 7.17. The molecule has 4 atom stereocenters. The topological polar surface area (TPSA) is 76.0 Å². The van der Waals surface area contributed by atoms with Gasteiger partial charge in [-0.05, 0) is 0 Å². The third-order valence-corrected chi connectivity index (χ3v) is 1.93. The average Bonchev–Trinajstić information content (AvgIpc) is 2.44. The monoisotopic (exact) mass is 160 g/mol. The Morgan fingerprint density at radius 3 is 2.82 bits per heavy atom. The van der Waals surface area contributed by atoms with E-state index in [9.17, 15) is 4.79 Å². The van der Waals surface area contributed by atoms with Crippen LogP contribution in [0.1, 0.15) is 0 Å². The first-order valence-electron chi connectivity index (χ1n) is 3.37. The van der Waals surface area contributed by atoms with Crippen molar-refractivity contribution in [2.75, 3.05) is 6.61 Å². The summed E-state index contributed by atoms with van der Waals surface area (Å²) in [5.41, 5.74) is 0. The highest BCUT2D eigenvalue weighted by atomic mass is 16.7. The Hall–Kier alpha value is -0.490. The molecule has 2 aliphatic heterocycles. The van der Waals surface area contributed by atoms with E-state index in [4.69, 9.17) is 19.7 Å². The number of Topliss-reactive ketones (excluding diaryl/α,β-unsaturated/α-hetero) is 1. The quantitative estimate of drug-likeness (QED) is 0.430. The summed E-state index contributed by atoms with van der Waals surface area (Å²) in [6.45, 7) is 0.175. The van der Waals surface area contributed by atoms with Crippen molar-refractivity contribution in [3.63, 3.8) is 0 Å². The molecule has 0 aromatic heterocycles. The summed E-state index contributed by atoms with van der Waals surface area (Å²) in [5.74, 6) is -0.608. The van der Waals surface area contributed by atoms with E-state index in [1.807, 2.05) is 0 Å². The molecule has 2 rings (SSSR count). The van der Waals surface area contributed by atoms with Gasteiger partial charge in [0.05, 0.1) is 6.61 Å². The number of hydrogen-bond donors (Lipinski definition) is 2. The molecule has 5 heteroatoms. The van der Waals surface area contributed by atoms with E-state index in [1.54, 1.807) is 0 Å². The Labute approximate surface area is 62.5 Å². The van der Waals surface area contributed by atoms with Gasteiger partial charge in [0.25, 0.3) is 0 Å². The number of aliphatic hydroxyl groups excluding tert-OH is 2. The molecule has 2 fully saturated rings. The van der Waals surface area contributed by atoms with Gasteiger partial charge in [-0.25, -0.2) is 0 Å². The molecule has 0 radical (unpaired) electrons. The van der Waals surface area contributed by atoms with Gasteiger partial charge in [-0.3, -0.25) is 4.79 Å². The molecule has 0 aromatic rings. The molecule has 62 valence electrons. The van der Waals surface area contributed by atoms with Crippen LogP contribution in [0.15, 0.2) is 0 Å². The van der Waals surface area contributed by atoms with Crippen LogP contribution in [0.25, 0.3) is 0 Å². The number of carbonyl (C=O) groups excluding carboxylic acids is 1. The molecule has 5 nitrogen and oxygen atoms in total. The Morgan fingerprint density at radius 2 is 2.09 bits per heavy atom. The minimum atomic E-state index is -1.33. The Bertz CT molecular complexity index is 173. The smallest absolute Gasteiger partial charge is 0.197 e. The molecular weight excluding hydrogens is 152 g/mol. The van der Waals surface area contributed by atoms with E-state index < -0.39 is 30.4 Å². The number of aliphatic hydroxyl groups is 2. The van der Waals surface area contributed by atoms with Gasteiger partial charge in [-0.1, -0.05) is 0 Å². The van der Waals surface area contributed by atoms with Crippen LogP contribution in [0, 0.1) is 0 Å². The second-order valence-corrected chi connectivity index (χ2v) is 2.67. The lowest BCUT2D eigenvalue weighted by Gasteiger charge is -2.25. The second-order valence-electron chi connectivity index (χ2n) is 2.67. The summed E-state index contributed by atoms with van der Waals surface area (Å²) in [4.78, 5) is 10.9. The highest BCUT2D eigenvalue weighted by molar-refractivity contribution is 5.88. The number of rotatable bonds is 0. The summed E-state index contributed by atoms with van der Waals surface area (Å²) in [7, 11) is 0. The SMILES string of the molecule is O=C1C(O)C2COC(O2)C1O.